The topological polar surface area (TPSA) is 63.3 Å². The predicted molar refractivity (Wildman–Crippen MR) is 36.5 cm³/mol. The van der Waals surface area contributed by atoms with Gasteiger partial charge in [-0.1, -0.05) is 0 Å². The van der Waals surface area contributed by atoms with Gasteiger partial charge in [-0.3, -0.25) is 4.79 Å². The van der Waals surface area contributed by atoms with Gasteiger partial charge in [0.1, 0.15) is 5.75 Å². The molecule has 1 aromatic carbocycles. The van der Waals surface area contributed by atoms with Gasteiger partial charge in [0.05, 0.1) is 5.56 Å². The molecule has 0 aliphatic heterocycles. The molecule has 3 N–H and O–H groups in total. The van der Waals surface area contributed by atoms with Crippen LogP contribution in [-0.4, -0.2) is 11.0 Å². The third-order valence-electron chi connectivity index (χ3n) is 1.30. The van der Waals surface area contributed by atoms with Crippen molar-refractivity contribution in [3.05, 3.63) is 29.3 Å². The predicted octanol–water partition coefficient (Wildman–Crippen LogP) is 0.769. The van der Waals surface area contributed by atoms with Crippen molar-refractivity contribution < 1.29 is 18.7 Å². The molecule has 64 valence electrons. The molecule has 1 rings (SSSR count). The van der Waals surface area contributed by atoms with E-state index in [0.29, 0.717) is 12.1 Å². The number of primary amides is 1. The summed E-state index contributed by atoms with van der Waals surface area (Å²) in [6.45, 7) is 0. The van der Waals surface area contributed by atoms with Crippen molar-refractivity contribution >= 4 is 5.91 Å². The monoisotopic (exact) mass is 173 g/mol. The number of hydrogen-bond acceptors (Lipinski definition) is 2. The molecular formula is C7H5F2NO2. The normalized spacial score (nSPS) is 9.83. The number of hydrogen-bond donors (Lipinski definition) is 2. The largest absolute Gasteiger partial charge is 0.507 e. The van der Waals surface area contributed by atoms with Crippen molar-refractivity contribution in [2.45, 2.75) is 0 Å². The molecule has 0 aromatic heterocycles. The number of phenols is 1. The highest BCUT2D eigenvalue weighted by Crippen LogP contribution is 2.19. The highest BCUT2D eigenvalue weighted by molar-refractivity contribution is 5.95. The number of rotatable bonds is 1. The molecule has 0 heterocycles. The third kappa shape index (κ3) is 1.34. The average molecular weight is 173 g/mol. The van der Waals surface area contributed by atoms with E-state index in [1.54, 1.807) is 0 Å². The number of benzene rings is 1. The number of aromatic hydroxyl groups is 1. The summed E-state index contributed by atoms with van der Waals surface area (Å²) in [5, 5.41) is 8.88. The smallest absolute Gasteiger partial charge is 0.252 e. The van der Waals surface area contributed by atoms with Crippen LogP contribution in [0.15, 0.2) is 12.1 Å². The summed E-state index contributed by atoms with van der Waals surface area (Å²) in [6.07, 6.45) is 0. The van der Waals surface area contributed by atoms with Gasteiger partial charge in [-0.15, -0.1) is 0 Å². The molecule has 1 amide bonds. The molecule has 0 saturated carbocycles. The second kappa shape index (κ2) is 2.77. The van der Waals surface area contributed by atoms with E-state index < -0.39 is 28.9 Å². The summed E-state index contributed by atoms with van der Waals surface area (Å²) in [4.78, 5) is 10.5. The molecule has 0 fully saturated rings. The molecule has 0 radical (unpaired) electrons. The Bertz CT molecular complexity index is 338. The van der Waals surface area contributed by atoms with Crippen LogP contribution in [0.4, 0.5) is 8.78 Å². The molecule has 0 saturated heterocycles. The van der Waals surface area contributed by atoms with E-state index in [4.69, 9.17) is 10.8 Å². The molecule has 0 spiro atoms. The first-order valence-corrected chi connectivity index (χ1v) is 3.00. The minimum absolute atomic E-state index is 0.436. The van der Waals surface area contributed by atoms with Gasteiger partial charge in [0, 0.05) is 6.07 Å². The minimum atomic E-state index is -1.22. The fourth-order valence-electron chi connectivity index (χ4n) is 0.734. The van der Waals surface area contributed by atoms with E-state index in [9.17, 15) is 13.6 Å². The zero-order valence-electron chi connectivity index (χ0n) is 5.84. The molecule has 12 heavy (non-hydrogen) atoms. The van der Waals surface area contributed by atoms with Crippen LogP contribution in [0.2, 0.25) is 0 Å². The van der Waals surface area contributed by atoms with Crippen molar-refractivity contribution in [3.63, 3.8) is 0 Å². The van der Waals surface area contributed by atoms with Gasteiger partial charge in [0.2, 0.25) is 0 Å². The zero-order valence-corrected chi connectivity index (χ0v) is 5.84. The second-order valence-electron chi connectivity index (χ2n) is 2.15. The summed E-state index contributed by atoms with van der Waals surface area (Å²) in [7, 11) is 0. The number of amides is 1. The Hall–Kier alpha value is -1.65. The number of carbonyl (C=O) groups is 1. The van der Waals surface area contributed by atoms with Gasteiger partial charge in [0.25, 0.3) is 5.91 Å². The average Bonchev–Trinajstić information content (AvgIpc) is 1.96. The van der Waals surface area contributed by atoms with Crippen LogP contribution < -0.4 is 5.73 Å². The summed E-state index contributed by atoms with van der Waals surface area (Å²) < 4.78 is 24.8. The molecule has 0 bridgehead atoms. The van der Waals surface area contributed by atoms with Crippen LogP contribution in [0.25, 0.3) is 0 Å². The number of halogens is 2. The fourth-order valence-corrected chi connectivity index (χ4v) is 0.734. The molecule has 0 aliphatic carbocycles. The molecule has 3 nitrogen and oxygen atoms in total. The van der Waals surface area contributed by atoms with Crippen LogP contribution in [0.5, 0.6) is 5.75 Å². The van der Waals surface area contributed by atoms with E-state index in [0.717, 1.165) is 0 Å². The molecular weight excluding hydrogens is 168 g/mol. The Morgan fingerprint density at radius 2 is 1.83 bits per heavy atom. The lowest BCUT2D eigenvalue weighted by Gasteiger charge is -2.00. The zero-order chi connectivity index (χ0) is 9.30. The summed E-state index contributed by atoms with van der Waals surface area (Å²) >= 11 is 0. The van der Waals surface area contributed by atoms with Crippen LogP contribution in [0.3, 0.4) is 0 Å². The van der Waals surface area contributed by atoms with E-state index in [1.165, 1.54) is 0 Å². The SMILES string of the molecule is NC(=O)c1cc(F)c(F)cc1O. The van der Waals surface area contributed by atoms with Crippen molar-refractivity contribution in [3.8, 4) is 5.75 Å². The summed E-state index contributed by atoms with van der Waals surface area (Å²) in [6, 6.07) is 1.04. The van der Waals surface area contributed by atoms with Crippen molar-refractivity contribution in [1.82, 2.24) is 0 Å². The van der Waals surface area contributed by atoms with Crippen LogP contribution in [0, 0.1) is 11.6 Å². The summed E-state index contributed by atoms with van der Waals surface area (Å²) in [5.41, 5.74) is 4.31. The molecule has 1 aromatic rings. The Morgan fingerprint density at radius 3 is 2.33 bits per heavy atom. The molecule has 0 aliphatic rings. The van der Waals surface area contributed by atoms with E-state index in [1.807, 2.05) is 0 Å². The van der Waals surface area contributed by atoms with Gasteiger partial charge in [-0.05, 0) is 6.07 Å². The number of carbonyl (C=O) groups excluding carboxylic acids is 1. The van der Waals surface area contributed by atoms with Crippen LogP contribution in [-0.2, 0) is 0 Å². The molecule has 5 heteroatoms. The maximum atomic E-state index is 12.4. The van der Waals surface area contributed by atoms with Gasteiger partial charge >= 0.3 is 0 Å². The first-order chi connectivity index (χ1) is 5.52. The highest BCUT2D eigenvalue weighted by atomic mass is 19.2. The van der Waals surface area contributed by atoms with E-state index in [2.05, 4.69) is 0 Å². The van der Waals surface area contributed by atoms with Gasteiger partial charge < -0.3 is 10.8 Å². The lowest BCUT2D eigenvalue weighted by atomic mass is 10.2. The van der Waals surface area contributed by atoms with E-state index >= 15 is 0 Å². The Balaban J connectivity index is 3.33. The standard InChI is InChI=1S/C7H5F2NO2/c8-4-1-3(7(10)12)6(11)2-5(4)9/h1-2,11H,(H2,10,12). The van der Waals surface area contributed by atoms with Crippen molar-refractivity contribution in [2.75, 3.05) is 0 Å². The molecule has 0 unspecified atom stereocenters. The van der Waals surface area contributed by atoms with E-state index in [-0.39, 0.29) is 0 Å². The lowest BCUT2D eigenvalue weighted by Crippen LogP contribution is -2.11. The Morgan fingerprint density at radius 1 is 1.33 bits per heavy atom. The fraction of sp³-hybridized carbons (Fsp3) is 0. The van der Waals surface area contributed by atoms with Gasteiger partial charge in [-0.25, -0.2) is 8.78 Å². The lowest BCUT2D eigenvalue weighted by molar-refractivity contribution is 0.0997. The quantitative estimate of drug-likeness (QED) is 0.658. The van der Waals surface area contributed by atoms with Crippen LogP contribution >= 0.6 is 0 Å². The van der Waals surface area contributed by atoms with Crippen molar-refractivity contribution in [2.24, 2.45) is 5.73 Å². The van der Waals surface area contributed by atoms with Crippen LogP contribution in [0.1, 0.15) is 10.4 Å². The van der Waals surface area contributed by atoms with Gasteiger partial charge in [-0.2, -0.15) is 0 Å². The minimum Gasteiger partial charge on any atom is -0.507 e. The summed E-state index contributed by atoms with van der Waals surface area (Å²) in [5.74, 6) is -4.12. The highest BCUT2D eigenvalue weighted by Gasteiger charge is 2.12. The second-order valence-corrected chi connectivity index (χ2v) is 2.15. The maximum absolute atomic E-state index is 12.4. The van der Waals surface area contributed by atoms with Gasteiger partial charge in [0.15, 0.2) is 11.6 Å². The maximum Gasteiger partial charge on any atom is 0.252 e. The Kier molecular flexibility index (Phi) is 1.95. The Labute approximate surface area is 66.4 Å². The first kappa shape index (κ1) is 8.45. The third-order valence-corrected chi connectivity index (χ3v) is 1.30. The van der Waals surface area contributed by atoms with Crippen molar-refractivity contribution in [1.29, 1.82) is 0 Å². The first-order valence-electron chi connectivity index (χ1n) is 3.00. The number of nitrogens with two attached hydrogens (primary N) is 1. The molecule has 0 atom stereocenters.